The van der Waals surface area contributed by atoms with Gasteiger partial charge in [0.1, 0.15) is 12.4 Å². The van der Waals surface area contributed by atoms with Gasteiger partial charge in [-0.2, -0.15) is 0 Å². The number of nitrogens with zero attached hydrogens (tertiary/aromatic N) is 2. The zero-order chi connectivity index (χ0) is 13.0. The van der Waals surface area contributed by atoms with Crippen molar-refractivity contribution in [3.63, 3.8) is 0 Å². The lowest BCUT2D eigenvalue weighted by Crippen LogP contribution is -2.06. The molecule has 0 amide bonds. The van der Waals surface area contributed by atoms with Gasteiger partial charge in [0.2, 0.25) is 0 Å². The third-order valence-corrected chi connectivity index (χ3v) is 2.90. The minimum atomic E-state index is 0.495. The SMILES string of the molecule is CCn1c(COc2ccccc2OC)cnc1C. The molecule has 18 heavy (non-hydrogen) atoms. The smallest absolute Gasteiger partial charge is 0.161 e. The van der Waals surface area contributed by atoms with E-state index >= 15 is 0 Å². The second-order valence-corrected chi connectivity index (χ2v) is 3.98. The summed E-state index contributed by atoms with van der Waals surface area (Å²) in [5.41, 5.74) is 1.07. The predicted molar refractivity (Wildman–Crippen MR) is 70.0 cm³/mol. The Balaban J connectivity index is 2.11. The molecule has 0 N–H and O–H groups in total. The Morgan fingerprint density at radius 1 is 1.22 bits per heavy atom. The van der Waals surface area contributed by atoms with Crippen molar-refractivity contribution in [2.75, 3.05) is 7.11 Å². The zero-order valence-electron chi connectivity index (χ0n) is 11.0. The molecule has 96 valence electrons. The Hall–Kier alpha value is -1.97. The fourth-order valence-electron chi connectivity index (χ4n) is 1.95. The number of hydrogen-bond donors (Lipinski definition) is 0. The quantitative estimate of drug-likeness (QED) is 0.814. The highest BCUT2D eigenvalue weighted by atomic mass is 16.5. The number of aryl methyl sites for hydroxylation is 1. The summed E-state index contributed by atoms with van der Waals surface area (Å²) in [5.74, 6) is 2.51. The van der Waals surface area contributed by atoms with Gasteiger partial charge in [0.05, 0.1) is 19.0 Å². The fourth-order valence-corrected chi connectivity index (χ4v) is 1.95. The molecule has 0 aliphatic rings. The molecule has 1 aromatic heterocycles. The normalized spacial score (nSPS) is 10.4. The van der Waals surface area contributed by atoms with Crippen molar-refractivity contribution in [3.8, 4) is 11.5 Å². The summed E-state index contributed by atoms with van der Waals surface area (Å²) in [6.07, 6.45) is 1.86. The standard InChI is InChI=1S/C14H18N2O2/c1-4-16-11(2)15-9-12(16)10-18-14-8-6-5-7-13(14)17-3/h5-9H,4,10H2,1-3H3. The lowest BCUT2D eigenvalue weighted by molar-refractivity contribution is 0.276. The first-order valence-electron chi connectivity index (χ1n) is 6.03. The first kappa shape index (κ1) is 12.5. The van der Waals surface area contributed by atoms with Gasteiger partial charge in [0, 0.05) is 6.54 Å². The molecular formula is C14H18N2O2. The van der Waals surface area contributed by atoms with Crippen LogP contribution in [0.25, 0.3) is 0 Å². The number of benzene rings is 1. The topological polar surface area (TPSA) is 36.3 Å². The number of imidazole rings is 1. The van der Waals surface area contributed by atoms with Crippen LogP contribution in [0, 0.1) is 6.92 Å². The summed E-state index contributed by atoms with van der Waals surface area (Å²) in [6.45, 7) is 5.49. The molecule has 2 aromatic rings. The molecular weight excluding hydrogens is 228 g/mol. The molecule has 0 radical (unpaired) electrons. The van der Waals surface area contributed by atoms with Gasteiger partial charge in [-0.25, -0.2) is 4.98 Å². The monoisotopic (exact) mass is 246 g/mol. The average molecular weight is 246 g/mol. The molecule has 0 aliphatic carbocycles. The largest absolute Gasteiger partial charge is 0.493 e. The summed E-state index contributed by atoms with van der Waals surface area (Å²) in [6, 6.07) is 7.64. The van der Waals surface area contributed by atoms with Gasteiger partial charge in [-0.3, -0.25) is 0 Å². The molecule has 1 heterocycles. The van der Waals surface area contributed by atoms with E-state index in [1.165, 1.54) is 0 Å². The maximum atomic E-state index is 5.78. The van der Waals surface area contributed by atoms with Crippen molar-refractivity contribution >= 4 is 0 Å². The van der Waals surface area contributed by atoms with Crippen LogP contribution in [-0.2, 0) is 13.2 Å². The number of methoxy groups -OCH3 is 1. The van der Waals surface area contributed by atoms with E-state index in [1.54, 1.807) is 7.11 Å². The molecule has 0 fully saturated rings. The Kier molecular flexibility index (Phi) is 3.87. The van der Waals surface area contributed by atoms with Gasteiger partial charge in [-0.15, -0.1) is 0 Å². The van der Waals surface area contributed by atoms with E-state index in [0.29, 0.717) is 6.61 Å². The van der Waals surface area contributed by atoms with Gasteiger partial charge in [0.15, 0.2) is 11.5 Å². The zero-order valence-corrected chi connectivity index (χ0v) is 11.0. The van der Waals surface area contributed by atoms with Crippen LogP contribution in [0.1, 0.15) is 18.4 Å². The second-order valence-electron chi connectivity index (χ2n) is 3.98. The number of para-hydroxylation sites is 2. The van der Waals surface area contributed by atoms with Crippen LogP contribution in [0.2, 0.25) is 0 Å². The first-order valence-corrected chi connectivity index (χ1v) is 6.03. The van der Waals surface area contributed by atoms with Crippen LogP contribution < -0.4 is 9.47 Å². The minimum absolute atomic E-state index is 0.495. The summed E-state index contributed by atoms with van der Waals surface area (Å²) in [5, 5.41) is 0. The van der Waals surface area contributed by atoms with E-state index < -0.39 is 0 Å². The lowest BCUT2D eigenvalue weighted by atomic mass is 10.3. The van der Waals surface area contributed by atoms with Crippen molar-refractivity contribution in [2.24, 2.45) is 0 Å². The van der Waals surface area contributed by atoms with Crippen LogP contribution in [0.5, 0.6) is 11.5 Å². The van der Waals surface area contributed by atoms with Crippen LogP contribution in [0.15, 0.2) is 30.5 Å². The van der Waals surface area contributed by atoms with Crippen molar-refractivity contribution < 1.29 is 9.47 Å². The summed E-state index contributed by atoms with van der Waals surface area (Å²) in [4.78, 5) is 4.29. The van der Waals surface area contributed by atoms with Crippen molar-refractivity contribution in [1.82, 2.24) is 9.55 Å². The Bertz CT molecular complexity index is 520. The highest BCUT2D eigenvalue weighted by Crippen LogP contribution is 2.26. The molecule has 0 saturated heterocycles. The number of aromatic nitrogens is 2. The van der Waals surface area contributed by atoms with Crippen molar-refractivity contribution in [3.05, 3.63) is 42.0 Å². The molecule has 0 spiro atoms. The van der Waals surface area contributed by atoms with Crippen molar-refractivity contribution in [1.29, 1.82) is 0 Å². The van der Waals surface area contributed by atoms with E-state index in [9.17, 15) is 0 Å². The summed E-state index contributed by atoms with van der Waals surface area (Å²) >= 11 is 0. The van der Waals surface area contributed by atoms with Gasteiger partial charge < -0.3 is 14.0 Å². The molecule has 0 atom stereocenters. The highest BCUT2D eigenvalue weighted by molar-refractivity contribution is 5.39. The van der Waals surface area contributed by atoms with Gasteiger partial charge >= 0.3 is 0 Å². The molecule has 0 bridgehead atoms. The predicted octanol–water partition coefficient (Wildman–Crippen LogP) is 2.80. The Morgan fingerprint density at radius 3 is 2.61 bits per heavy atom. The van der Waals surface area contributed by atoms with E-state index in [2.05, 4.69) is 16.5 Å². The van der Waals surface area contributed by atoms with Crippen LogP contribution in [-0.4, -0.2) is 16.7 Å². The molecule has 0 unspecified atom stereocenters. The Labute approximate surface area is 107 Å². The van der Waals surface area contributed by atoms with Gasteiger partial charge in [-0.1, -0.05) is 12.1 Å². The third-order valence-electron chi connectivity index (χ3n) is 2.90. The fraction of sp³-hybridized carbons (Fsp3) is 0.357. The lowest BCUT2D eigenvalue weighted by Gasteiger charge is -2.11. The molecule has 2 rings (SSSR count). The average Bonchev–Trinajstić information content (AvgIpc) is 2.77. The van der Waals surface area contributed by atoms with Crippen LogP contribution >= 0.6 is 0 Å². The maximum Gasteiger partial charge on any atom is 0.161 e. The van der Waals surface area contributed by atoms with E-state index in [1.807, 2.05) is 37.4 Å². The Morgan fingerprint density at radius 2 is 1.94 bits per heavy atom. The number of rotatable bonds is 5. The second kappa shape index (κ2) is 5.58. The molecule has 4 nitrogen and oxygen atoms in total. The molecule has 0 saturated carbocycles. The molecule has 4 heteroatoms. The number of hydrogen-bond acceptors (Lipinski definition) is 3. The van der Waals surface area contributed by atoms with Crippen molar-refractivity contribution in [2.45, 2.75) is 27.0 Å². The van der Waals surface area contributed by atoms with E-state index in [0.717, 1.165) is 29.6 Å². The number of ether oxygens (including phenoxy) is 2. The third kappa shape index (κ3) is 2.47. The summed E-state index contributed by atoms with van der Waals surface area (Å²) in [7, 11) is 1.64. The van der Waals surface area contributed by atoms with E-state index in [-0.39, 0.29) is 0 Å². The summed E-state index contributed by atoms with van der Waals surface area (Å²) < 4.78 is 13.2. The first-order chi connectivity index (χ1) is 8.76. The molecule has 0 aliphatic heterocycles. The highest BCUT2D eigenvalue weighted by Gasteiger charge is 2.07. The maximum absolute atomic E-state index is 5.78. The van der Waals surface area contributed by atoms with Crippen LogP contribution in [0.4, 0.5) is 0 Å². The van der Waals surface area contributed by atoms with Gasteiger partial charge in [0.25, 0.3) is 0 Å². The minimum Gasteiger partial charge on any atom is -0.493 e. The van der Waals surface area contributed by atoms with Gasteiger partial charge in [-0.05, 0) is 26.0 Å². The van der Waals surface area contributed by atoms with E-state index in [4.69, 9.17) is 9.47 Å². The van der Waals surface area contributed by atoms with Crippen LogP contribution in [0.3, 0.4) is 0 Å². The molecule has 1 aromatic carbocycles.